The molecule has 3 aliphatic rings. The van der Waals surface area contributed by atoms with Crippen molar-refractivity contribution in [2.45, 2.75) is 38.9 Å². The molecule has 11 nitrogen and oxygen atoms in total. The standard InChI is InChI=1S/C27H38N8O3.ClH/c1-17(28)23-20-15-32(16-21(20)23)14-18-4-6-19(7-5-18)35-9-8-22(31-26(35)38)30-25(37)34-12-10-33(11-13-34)24(36)27(2,3)29;/h4-9,17,20-21,23H,10-16,28-29H2,1-3H3,(H,30,31,37,38);1H. The lowest BCUT2D eigenvalue weighted by molar-refractivity contribution is -0.137. The Bertz CT molecular complexity index is 1240. The number of likely N-dealkylation sites (tertiary alicyclic amines) is 1. The molecule has 0 spiro atoms. The van der Waals surface area contributed by atoms with Crippen molar-refractivity contribution in [3.63, 3.8) is 0 Å². The molecule has 12 heteroatoms. The van der Waals surface area contributed by atoms with Crippen molar-refractivity contribution >= 4 is 30.2 Å². The number of anilines is 1. The van der Waals surface area contributed by atoms with Crippen LogP contribution in [-0.4, -0.2) is 87.0 Å². The molecule has 39 heavy (non-hydrogen) atoms. The molecule has 1 saturated carbocycles. The van der Waals surface area contributed by atoms with Gasteiger partial charge in [-0.1, -0.05) is 12.1 Å². The van der Waals surface area contributed by atoms with E-state index in [0.717, 1.165) is 31.5 Å². The number of nitrogens with one attached hydrogen (secondary N) is 1. The van der Waals surface area contributed by atoms with E-state index < -0.39 is 11.2 Å². The van der Waals surface area contributed by atoms with Crippen LogP contribution in [0.3, 0.4) is 0 Å². The molecule has 3 amide bonds. The zero-order valence-electron chi connectivity index (χ0n) is 22.7. The van der Waals surface area contributed by atoms with Gasteiger partial charge in [-0.2, -0.15) is 4.98 Å². The zero-order valence-corrected chi connectivity index (χ0v) is 23.6. The lowest BCUT2D eigenvalue weighted by atomic mass is 10.1. The molecular weight excluding hydrogens is 520 g/mol. The molecule has 2 aliphatic heterocycles. The first-order chi connectivity index (χ1) is 18.0. The van der Waals surface area contributed by atoms with Gasteiger partial charge in [0.1, 0.15) is 5.82 Å². The Morgan fingerprint density at radius 1 is 1.05 bits per heavy atom. The summed E-state index contributed by atoms with van der Waals surface area (Å²) in [5.74, 6) is 2.22. The minimum atomic E-state index is -0.944. The quantitative estimate of drug-likeness (QED) is 0.481. The van der Waals surface area contributed by atoms with Gasteiger partial charge in [-0.05, 0) is 62.3 Å². The van der Waals surface area contributed by atoms with E-state index in [9.17, 15) is 14.4 Å². The van der Waals surface area contributed by atoms with Gasteiger partial charge in [0.05, 0.1) is 11.2 Å². The maximum atomic E-state index is 12.7. The number of rotatable bonds is 6. The Morgan fingerprint density at radius 2 is 1.64 bits per heavy atom. The van der Waals surface area contributed by atoms with Crippen molar-refractivity contribution in [1.29, 1.82) is 0 Å². The predicted octanol–water partition coefficient (Wildman–Crippen LogP) is 1.09. The number of hydrogen-bond donors (Lipinski definition) is 3. The molecule has 1 aliphatic carbocycles. The van der Waals surface area contributed by atoms with E-state index in [1.54, 1.807) is 35.9 Å². The maximum absolute atomic E-state index is 12.7. The van der Waals surface area contributed by atoms with E-state index in [1.807, 2.05) is 24.3 Å². The normalized spacial score (nSPS) is 23.6. The van der Waals surface area contributed by atoms with E-state index in [-0.39, 0.29) is 36.2 Å². The molecule has 212 valence electrons. The number of hydrogen-bond acceptors (Lipinski definition) is 7. The molecule has 0 radical (unpaired) electrons. The minimum absolute atomic E-state index is 0. The lowest BCUT2D eigenvalue weighted by Gasteiger charge is -2.37. The van der Waals surface area contributed by atoms with Gasteiger partial charge in [-0.3, -0.25) is 19.6 Å². The molecule has 5 N–H and O–H groups in total. The summed E-state index contributed by atoms with van der Waals surface area (Å²) in [5.41, 5.74) is 12.5. The third kappa shape index (κ3) is 6.27. The number of carbonyl (C=O) groups excluding carboxylic acids is 2. The van der Waals surface area contributed by atoms with Crippen molar-refractivity contribution in [3.8, 4) is 5.69 Å². The number of aromatic nitrogens is 2. The molecule has 1 aromatic carbocycles. The van der Waals surface area contributed by atoms with Crippen LogP contribution in [0, 0.1) is 17.8 Å². The van der Waals surface area contributed by atoms with E-state index in [1.165, 1.54) is 10.1 Å². The number of halogens is 1. The first-order valence-corrected chi connectivity index (χ1v) is 13.3. The van der Waals surface area contributed by atoms with Gasteiger partial charge in [-0.15, -0.1) is 12.4 Å². The van der Waals surface area contributed by atoms with Crippen LogP contribution in [0.25, 0.3) is 5.69 Å². The summed E-state index contributed by atoms with van der Waals surface area (Å²) in [4.78, 5) is 47.5. The molecule has 3 unspecified atom stereocenters. The van der Waals surface area contributed by atoms with Crippen molar-refractivity contribution in [2.75, 3.05) is 44.6 Å². The van der Waals surface area contributed by atoms with Crippen LogP contribution >= 0.6 is 12.4 Å². The number of nitrogens with two attached hydrogens (primary N) is 2. The second-order valence-corrected chi connectivity index (χ2v) is 11.5. The maximum Gasteiger partial charge on any atom is 0.354 e. The third-order valence-corrected chi connectivity index (χ3v) is 8.01. The number of urea groups is 1. The fraction of sp³-hybridized carbons (Fsp3) is 0.556. The predicted molar refractivity (Wildman–Crippen MR) is 152 cm³/mol. The van der Waals surface area contributed by atoms with Gasteiger partial charge in [0.2, 0.25) is 5.91 Å². The first kappa shape index (κ1) is 29.0. The lowest BCUT2D eigenvalue weighted by Crippen LogP contribution is -2.58. The number of fused-ring (bicyclic) bond motifs is 1. The largest absolute Gasteiger partial charge is 0.354 e. The fourth-order valence-corrected chi connectivity index (χ4v) is 5.97. The average Bonchev–Trinajstić information content (AvgIpc) is 3.40. The molecule has 5 rings (SSSR count). The number of piperidine rings is 1. The van der Waals surface area contributed by atoms with Crippen molar-refractivity contribution in [1.82, 2.24) is 24.3 Å². The van der Waals surface area contributed by atoms with Crippen LogP contribution in [0.1, 0.15) is 26.3 Å². The van der Waals surface area contributed by atoms with Gasteiger partial charge >= 0.3 is 11.7 Å². The second-order valence-electron chi connectivity index (χ2n) is 11.5. The number of benzene rings is 1. The van der Waals surface area contributed by atoms with Gasteiger partial charge in [0.15, 0.2) is 0 Å². The molecular formula is C27H39ClN8O3. The number of piperazine rings is 1. The van der Waals surface area contributed by atoms with E-state index in [2.05, 4.69) is 22.1 Å². The first-order valence-electron chi connectivity index (χ1n) is 13.3. The Hall–Kier alpha value is -2.99. The minimum Gasteiger partial charge on any atom is -0.338 e. The highest BCUT2D eigenvalue weighted by Crippen LogP contribution is 2.53. The summed E-state index contributed by atoms with van der Waals surface area (Å²) in [7, 11) is 0. The number of carbonyl (C=O) groups is 2. The fourth-order valence-electron chi connectivity index (χ4n) is 5.97. The average molecular weight is 559 g/mol. The molecule has 3 atom stereocenters. The molecule has 0 bridgehead atoms. The van der Waals surface area contributed by atoms with Crippen LogP contribution < -0.4 is 22.5 Å². The summed E-state index contributed by atoms with van der Waals surface area (Å²) >= 11 is 0. The Balaban J connectivity index is 0.00000353. The van der Waals surface area contributed by atoms with Crippen LogP contribution in [-0.2, 0) is 11.3 Å². The van der Waals surface area contributed by atoms with Crippen molar-refractivity contribution in [2.24, 2.45) is 29.2 Å². The summed E-state index contributed by atoms with van der Waals surface area (Å²) in [6, 6.07) is 9.46. The molecule has 3 heterocycles. The Labute approximate surface area is 234 Å². The highest BCUT2D eigenvalue weighted by molar-refractivity contribution is 5.89. The second kappa shape index (κ2) is 11.2. The van der Waals surface area contributed by atoms with E-state index in [4.69, 9.17) is 11.5 Å². The summed E-state index contributed by atoms with van der Waals surface area (Å²) in [6.07, 6.45) is 1.61. The Kier molecular flexibility index (Phi) is 8.36. The molecule has 3 fully saturated rings. The van der Waals surface area contributed by atoms with Crippen LogP contribution in [0.5, 0.6) is 0 Å². The van der Waals surface area contributed by atoms with Crippen LogP contribution in [0.15, 0.2) is 41.3 Å². The van der Waals surface area contributed by atoms with E-state index in [0.29, 0.717) is 37.8 Å². The summed E-state index contributed by atoms with van der Waals surface area (Å²) in [6.45, 7) is 10.1. The third-order valence-electron chi connectivity index (χ3n) is 8.01. The monoisotopic (exact) mass is 558 g/mol. The van der Waals surface area contributed by atoms with Crippen molar-refractivity contribution < 1.29 is 9.59 Å². The topological polar surface area (TPSA) is 143 Å². The zero-order chi connectivity index (χ0) is 27.2. The number of nitrogens with zero attached hydrogens (tertiary/aromatic N) is 5. The molecule has 2 saturated heterocycles. The highest BCUT2D eigenvalue weighted by atomic mass is 35.5. The molecule has 1 aromatic heterocycles. The summed E-state index contributed by atoms with van der Waals surface area (Å²) in [5, 5.41) is 2.69. The van der Waals surface area contributed by atoms with Gasteiger partial charge in [0, 0.05) is 58.1 Å². The highest BCUT2D eigenvalue weighted by Gasteiger charge is 2.56. The smallest absolute Gasteiger partial charge is 0.338 e. The van der Waals surface area contributed by atoms with Gasteiger partial charge in [0.25, 0.3) is 0 Å². The van der Waals surface area contributed by atoms with Crippen molar-refractivity contribution in [3.05, 3.63) is 52.6 Å². The van der Waals surface area contributed by atoms with Crippen LogP contribution in [0.4, 0.5) is 10.6 Å². The number of amides is 3. The van der Waals surface area contributed by atoms with Gasteiger partial charge < -0.3 is 21.3 Å². The van der Waals surface area contributed by atoms with Crippen LogP contribution in [0.2, 0.25) is 0 Å². The SMILES string of the molecule is CC(N)C1C2CN(Cc3ccc(-n4ccc(NC(=O)N5CCN(C(=O)C(C)(C)N)CC5)nc4=O)cc3)CC21.Cl. The van der Waals surface area contributed by atoms with E-state index >= 15 is 0 Å². The summed E-state index contributed by atoms with van der Waals surface area (Å²) < 4.78 is 1.46. The Morgan fingerprint density at radius 3 is 2.18 bits per heavy atom. The molecule has 2 aromatic rings. The van der Waals surface area contributed by atoms with Gasteiger partial charge in [-0.25, -0.2) is 9.59 Å².